The SMILES string of the molecule is CCOC(=O)C1=C(C)N(Cc2cccc(C(=O)NCCN3CCOCC3)c2)C(=O)CC1c1ccc(F)cc1. The minimum atomic E-state index is -0.526. The van der Waals surface area contributed by atoms with Gasteiger partial charge in [0, 0.05) is 49.8 Å². The molecular formula is C29H34FN3O5. The number of esters is 1. The predicted molar refractivity (Wildman–Crippen MR) is 140 cm³/mol. The maximum Gasteiger partial charge on any atom is 0.336 e. The number of allylic oxidation sites excluding steroid dienone is 1. The van der Waals surface area contributed by atoms with Crippen molar-refractivity contribution in [2.24, 2.45) is 0 Å². The number of carbonyl (C=O) groups is 3. The van der Waals surface area contributed by atoms with Crippen molar-refractivity contribution in [3.63, 3.8) is 0 Å². The van der Waals surface area contributed by atoms with Gasteiger partial charge in [-0.1, -0.05) is 24.3 Å². The molecule has 0 saturated carbocycles. The first kappa shape index (κ1) is 27.5. The molecule has 38 heavy (non-hydrogen) atoms. The van der Waals surface area contributed by atoms with E-state index in [1.807, 2.05) is 6.07 Å². The monoisotopic (exact) mass is 523 g/mol. The molecule has 2 aromatic rings. The minimum Gasteiger partial charge on any atom is -0.463 e. The van der Waals surface area contributed by atoms with E-state index in [9.17, 15) is 18.8 Å². The molecule has 0 bridgehead atoms. The molecule has 2 amide bonds. The third-order valence-electron chi connectivity index (χ3n) is 6.94. The number of halogens is 1. The summed E-state index contributed by atoms with van der Waals surface area (Å²) in [6, 6.07) is 13.0. The Bertz CT molecular complexity index is 1190. The molecule has 0 aromatic heterocycles. The minimum absolute atomic E-state index is 0.0544. The molecule has 1 N–H and O–H groups in total. The summed E-state index contributed by atoms with van der Waals surface area (Å²) in [6.45, 7) is 8.28. The third-order valence-corrected chi connectivity index (χ3v) is 6.94. The summed E-state index contributed by atoms with van der Waals surface area (Å²) in [5, 5.41) is 2.96. The number of hydrogen-bond donors (Lipinski definition) is 1. The van der Waals surface area contributed by atoms with E-state index in [4.69, 9.17) is 9.47 Å². The van der Waals surface area contributed by atoms with Crippen LogP contribution in [0.5, 0.6) is 0 Å². The molecule has 4 rings (SSSR count). The average molecular weight is 524 g/mol. The van der Waals surface area contributed by atoms with E-state index in [-0.39, 0.29) is 37.2 Å². The van der Waals surface area contributed by atoms with E-state index >= 15 is 0 Å². The van der Waals surface area contributed by atoms with Gasteiger partial charge in [-0.05, 0) is 49.2 Å². The number of carbonyl (C=O) groups excluding carboxylic acids is 3. The van der Waals surface area contributed by atoms with Crippen LogP contribution in [0.2, 0.25) is 0 Å². The maximum absolute atomic E-state index is 13.5. The first-order valence-corrected chi connectivity index (χ1v) is 13.0. The van der Waals surface area contributed by atoms with E-state index in [0.717, 1.165) is 25.2 Å². The van der Waals surface area contributed by atoms with Crippen LogP contribution < -0.4 is 5.32 Å². The summed E-state index contributed by atoms with van der Waals surface area (Å²) in [4.78, 5) is 42.8. The number of hydrogen-bond acceptors (Lipinski definition) is 6. The van der Waals surface area contributed by atoms with Gasteiger partial charge in [0.2, 0.25) is 5.91 Å². The smallest absolute Gasteiger partial charge is 0.336 e. The summed E-state index contributed by atoms with van der Waals surface area (Å²) in [7, 11) is 0. The van der Waals surface area contributed by atoms with Gasteiger partial charge in [-0.15, -0.1) is 0 Å². The second-order valence-corrected chi connectivity index (χ2v) is 9.42. The molecular weight excluding hydrogens is 489 g/mol. The Morgan fingerprint density at radius 3 is 2.58 bits per heavy atom. The van der Waals surface area contributed by atoms with Gasteiger partial charge in [0.25, 0.3) is 5.91 Å². The summed E-state index contributed by atoms with van der Waals surface area (Å²) in [6.07, 6.45) is 0.0544. The quantitative estimate of drug-likeness (QED) is 0.508. The Kier molecular flexibility index (Phi) is 9.25. The zero-order valence-corrected chi connectivity index (χ0v) is 21.9. The van der Waals surface area contributed by atoms with Crippen LogP contribution in [0, 0.1) is 5.82 Å². The third kappa shape index (κ3) is 6.65. The molecule has 0 aliphatic carbocycles. The molecule has 9 heteroatoms. The van der Waals surface area contributed by atoms with Crippen molar-refractivity contribution >= 4 is 17.8 Å². The Labute approximate surface area is 222 Å². The van der Waals surface area contributed by atoms with E-state index in [1.165, 1.54) is 12.1 Å². The molecule has 1 saturated heterocycles. The highest BCUT2D eigenvalue weighted by atomic mass is 19.1. The van der Waals surface area contributed by atoms with Gasteiger partial charge in [-0.2, -0.15) is 0 Å². The van der Waals surface area contributed by atoms with E-state index in [2.05, 4.69) is 10.2 Å². The van der Waals surface area contributed by atoms with Gasteiger partial charge in [0.05, 0.1) is 31.9 Å². The van der Waals surface area contributed by atoms with Gasteiger partial charge < -0.3 is 19.7 Å². The summed E-state index contributed by atoms with van der Waals surface area (Å²) in [5.41, 5.74) is 2.83. The van der Waals surface area contributed by atoms with Crippen molar-refractivity contribution in [2.75, 3.05) is 46.0 Å². The van der Waals surface area contributed by atoms with E-state index in [1.54, 1.807) is 49.1 Å². The van der Waals surface area contributed by atoms with Crippen LogP contribution >= 0.6 is 0 Å². The van der Waals surface area contributed by atoms with Crippen LogP contribution in [0.25, 0.3) is 0 Å². The number of nitrogens with one attached hydrogen (secondary N) is 1. The van der Waals surface area contributed by atoms with Crippen molar-refractivity contribution in [3.05, 3.63) is 82.3 Å². The second kappa shape index (κ2) is 12.8. The Morgan fingerprint density at radius 1 is 1.13 bits per heavy atom. The fourth-order valence-electron chi connectivity index (χ4n) is 4.90. The maximum atomic E-state index is 13.5. The lowest BCUT2D eigenvalue weighted by Gasteiger charge is -2.34. The molecule has 8 nitrogen and oxygen atoms in total. The largest absolute Gasteiger partial charge is 0.463 e. The van der Waals surface area contributed by atoms with E-state index in [0.29, 0.717) is 42.2 Å². The van der Waals surface area contributed by atoms with Gasteiger partial charge in [-0.25, -0.2) is 9.18 Å². The molecule has 0 radical (unpaired) electrons. The molecule has 1 unspecified atom stereocenters. The van der Waals surface area contributed by atoms with Crippen molar-refractivity contribution in [1.29, 1.82) is 0 Å². The highest BCUT2D eigenvalue weighted by molar-refractivity contribution is 5.96. The summed E-state index contributed by atoms with van der Waals surface area (Å²) in [5.74, 6) is -1.75. The second-order valence-electron chi connectivity index (χ2n) is 9.42. The fourth-order valence-corrected chi connectivity index (χ4v) is 4.90. The Balaban J connectivity index is 1.50. The number of benzene rings is 2. The number of nitrogens with zero attached hydrogens (tertiary/aromatic N) is 2. The molecule has 202 valence electrons. The molecule has 2 aliphatic heterocycles. The molecule has 1 fully saturated rings. The lowest BCUT2D eigenvalue weighted by Crippen LogP contribution is -2.41. The van der Waals surface area contributed by atoms with Crippen LogP contribution in [-0.4, -0.2) is 73.6 Å². The number of ether oxygens (including phenoxy) is 2. The highest BCUT2D eigenvalue weighted by Crippen LogP contribution is 2.37. The molecule has 2 aromatic carbocycles. The summed E-state index contributed by atoms with van der Waals surface area (Å²) >= 11 is 0. The van der Waals surface area contributed by atoms with Gasteiger partial charge in [0.1, 0.15) is 5.82 Å². The Morgan fingerprint density at radius 2 is 1.87 bits per heavy atom. The molecule has 2 heterocycles. The Hall–Kier alpha value is -3.56. The number of rotatable bonds is 9. The lowest BCUT2D eigenvalue weighted by molar-refractivity contribution is -0.140. The van der Waals surface area contributed by atoms with Gasteiger partial charge in [0.15, 0.2) is 0 Å². The predicted octanol–water partition coefficient (Wildman–Crippen LogP) is 3.24. The normalized spacial score (nSPS) is 18.4. The van der Waals surface area contributed by atoms with Crippen molar-refractivity contribution in [2.45, 2.75) is 32.7 Å². The fraction of sp³-hybridized carbons (Fsp3) is 0.414. The first-order chi connectivity index (χ1) is 18.4. The first-order valence-electron chi connectivity index (χ1n) is 13.0. The van der Waals surface area contributed by atoms with Crippen LogP contribution in [-0.2, 0) is 25.6 Å². The van der Waals surface area contributed by atoms with Crippen molar-refractivity contribution in [3.8, 4) is 0 Å². The zero-order valence-electron chi connectivity index (χ0n) is 21.9. The standard InChI is InChI=1S/C29H34FN3O5/c1-3-38-29(36)27-20(2)33(26(34)18-25(27)22-7-9-24(30)10-8-22)19-21-5-4-6-23(17-21)28(35)31-11-12-32-13-15-37-16-14-32/h4-10,17,25H,3,11-16,18-19H2,1-2H3,(H,31,35). The zero-order chi connectivity index (χ0) is 27.1. The molecule has 0 spiro atoms. The van der Waals surface area contributed by atoms with Crippen LogP contribution in [0.1, 0.15) is 47.7 Å². The number of morpholine rings is 1. The summed E-state index contributed by atoms with van der Waals surface area (Å²) < 4.78 is 24.2. The van der Waals surface area contributed by atoms with Crippen molar-refractivity contribution in [1.82, 2.24) is 15.1 Å². The average Bonchev–Trinajstić information content (AvgIpc) is 2.92. The van der Waals surface area contributed by atoms with Gasteiger partial charge in [-0.3, -0.25) is 14.5 Å². The topological polar surface area (TPSA) is 88.2 Å². The highest BCUT2D eigenvalue weighted by Gasteiger charge is 2.37. The molecule has 2 aliphatic rings. The number of amides is 2. The van der Waals surface area contributed by atoms with Crippen LogP contribution in [0.4, 0.5) is 4.39 Å². The van der Waals surface area contributed by atoms with Crippen molar-refractivity contribution < 1.29 is 28.2 Å². The van der Waals surface area contributed by atoms with E-state index < -0.39 is 11.9 Å². The van der Waals surface area contributed by atoms with Gasteiger partial charge >= 0.3 is 5.97 Å². The van der Waals surface area contributed by atoms with Crippen LogP contribution in [0.3, 0.4) is 0 Å². The molecule has 1 atom stereocenters. The van der Waals surface area contributed by atoms with Crippen LogP contribution in [0.15, 0.2) is 59.8 Å². The lowest BCUT2D eigenvalue weighted by atomic mass is 9.83.